The first-order chi connectivity index (χ1) is 5.83. The molecule has 0 atom stereocenters. The Kier molecular flexibility index (Phi) is 1.33. The summed E-state index contributed by atoms with van der Waals surface area (Å²) in [5.74, 6) is 0. The number of nitrogens with zero attached hydrogens (tertiary/aromatic N) is 2. The van der Waals surface area contributed by atoms with Gasteiger partial charge in [-0.3, -0.25) is 4.79 Å². The number of hydrogen-bond donors (Lipinski definition) is 1. The van der Waals surface area contributed by atoms with Gasteiger partial charge in [0, 0.05) is 6.20 Å². The fourth-order valence-corrected chi connectivity index (χ4v) is 1.08. The number of fused-ring (bicyclic) bond motifs is 1. The van der Waals surface area contributed by atoms with Gasteiger partial charge < -0.3 is 5.11 Å². The van der Waals surface area contributed by atoms with Gasteiger partial charge in [0.15, 0.2) is 0 Å². The van der Waals surface area contributed by atoms with Crippen molar-refractivity contribution in [1.82, 2.24) is 9.61 Å². The van der Waals surface area contributed by atoms with E-state index in [1.54, 1.807) is 18.3 Å². The first-order valence-electron chi connectivity index (χ1n) is 3.44. The van der Waals surface area contributed by atoms with Gasteiger partial charge in [0.2, 0.25) is 5.43 Å². The molecule has 2 aromatic heterocycles. The van der Waals surface area contributed by atoms with Crippen LogP contribution in [0.1, 0.15) is 0 Å². The standard InChI is InChI=1S/C8H6N2O2/c11-5-6-4-9-10-3-1-2-7(10)8(6)12/h1-5,11H. The zero-order valence-electron chi connectivity index (χ0n) is 6.14. The van der Waals surface area contributed by atoms with Crippen LogP contribution in [0.25, 0.3) is 11.8 Å². The largest absolute Gasteiger partial charge is 0.515 e. The molecule has 12 heavy (non-hydrogen) atoms. The van der Waals surface area contributed by atoms with Crippen molar-refractivity contribution in [3.63, 3.8) is 0 Å². The van der Waals surface area contributed by atoms with Gasteiger partial charge >= 0.3 is 0 Å². The SMILES string of the molecule is O=c1c(=CO)cnn2cccc12. The molecule has 0 aliphatic heterocycles. The number of rotatable bonds is 0. The highest BCUT2D eigenvalue weighted by molar-refractivity contribution is 5.46. The van der Waals surface area contributed by atoms with Crippen LogP contribution in [-0.2, 0) is 0 Å². The summed E-state index contributed by atoms with van der Waals surface area (Å²) in [7, 11) is 0. The van der Waals surface area contributed by atoms with Crippen molar-refractivity contribution < 1.29 is 5.11 Å². The smallest absolute Gasteiger partial charge is 0.216 e. The summed E-state index contributed by atoms with van der Waals surface area (Å²) in [6, 6.07) is 3.38. The lowest BCUT2D eigenvalue weighted by Crippen LogP contribution is -2.26. The molecule has 4 nitrogen and oxygen atoms in total. The second-order valence-corrected chi connectivity index (χ2v) is 2.40. The number of hydrogen-bond acceptors (Lipinski definition) is 3. The summed E-state index contributed by atoms with van der Waals surface area (Å²) in [4.78, 5) is 11.4. The van der Waals surface area contributed by atoms with E-state index in [9.17, 15) is 4.79 Å². The average molecular weight is 162 g/mol. The van der Waals surface area contributed by atoms with Crippen molar-refractivity contribution in [2.45, 2.75) is 0 Å². The summed E-state index contributed by atoms with van der Waals surface area (Å²) in [6.45, 7) is 0. The summed E-state index contributed by atoms with van der Waals surface area (Å²) in [5, 5.41) is 12.7. The Morgan fingerprint density at radius 3 is 3.17 bits per heavy atom. The van der Waals surface area contributed by atoms with E-state index in [-0.39, 0.29) is 10.6 Å². The van der Waals surface area contributed by atoms with Gasteiger partial charge in [0.25, 0.3) is 0 Å². The molecule has 0 spiro atoms. The summed E-state index contributed by atoms with van der Waals surface area (Å²) in [5.41, 5.74) is 0.260. The molecular weight excluding hydrogens is 156 g/mol. The van der Waals surface area contributed by atoms with Gasteiger partial charge in [-0.15, -0.1) is 0 Å². The van der Waals surface area contributed by atoms with Crippen molar-refractivity contribution in [2.24, 2.45) is 0 Å². The van der Waals surface area contributed by atoms with E-state index in [2.05, 4.69) is 5.10 Å². The zero-order chi connectivity index (χ0) is 8.55. The van der Waals surface area contributed by atoms with Crippen LogP contribution in [0.5, 0.6) is 0 Å². The predicted octanol–water partition coefficient (Wildman–Crippen LogP) is -0.291. The van der Waals surface area contributed by atoms with Gasteiger partial charge in [-0.1, -0.05) is 0 Å². The lowest BCUT2D eigenvalue weighted by atomic mass is 10.4. The van der Waals surface area contributed by atoms with Crippen LogP contribution in [0.2, 0.25) is 0 Å². The molecule has 2 aromatic rings. The molecule has 0 radical (unpaired) electrons. The van der Waals surface area contributed by atoms with Gasteiger partial charge in [-0.2, -0.15) is 5.10 Å². The molecule has 0 aromatic carbocycles. The third-order valence-electron chi connectivity index (χ3n) is 1.68. The maximum Gasteiger partial charge on any atom is 0.216 e. The molecule has 60 valence electrons. The van der Waals surface area contributed by atoms with Gasteiger partial charge in [0.1, 0.15) is 5.52 Å². The molecule has 0 saturated carbocycles. The highest BCUT2D eigenvalue weighted by atomic mass is 16.2. The first kappa shape index (κ1) is 6.84. The zero-order valence-corrected chi connectivity index (χ0v) is 6.14. The third-order valence-corrected chi connectivity index (χ3v) is 1.68. The van der Waals surface area contributed by atoms with E-state index in [0.717, 1.165) is 6.26 Å². The van der Waals surface area contributed by atoms with Crippen molar-refractivity contribution in [2.75, 3.05) is 0 Å². The Labute approximate surface area is 67.4 Å². The number of aromatic nitrogens is 2. The molecule has 0 aliphatic rings. The van der Waals surface area contributed by atoms with Crippen molar-refractivity contribution in [1.29, 1.82) is 0 Å². The van der Waals surface area contributed by atoms with E-state index < -0.39 is 0 Å². The summed E-state index contributed by atoms with van der Waals surface area (Å²) >= 11 is 0. The van der Waals surface area contributed by atoms with Crippen LogP contribution in [0, 0.1) is 0 Å². The fraction of sp³-hybridized carbons (Fsp3) is 0. The van der Waals surface area contributed by atoms with Crippen molar-refractivity contribution in [3.05, 3.63) is 40.0 Å². The van der Waals surface area contributed by atoms with E-state index in [1.165, 1.54) is 10.7 Å². The first-order valence-corrected chi connectivity index (χ1v) is 3.44. The Morgan fingerprint density at radius 2 is 2.42 bits per heavy atom. The highest BCUT2D eigenvalue weighted by Gasteiger charge is 1.98. The Bertz CT molecular complexity index is 515. The molecule has 4 heteroatoms. The molecule has 0 bridgehead atoms. The molecule has 0 unspecified atom stereocenters. The fourth-order valence-electron chi connectivity index (χ4n) is 1.08. The summed E-state index contributed by atoms with van der Waals surface area (Å²) < 4.78 is 1.47. The highest BCUT2D eigenvalue weighted by Crippen LogP contribution is 1.91. The van der Waals surface area contributed by atoms with E-state index >= 15 is 0 Å². The van der Waals surface area contributed by atoms with Crippen LogP contribution in [0.4, 0.5) is 0 Å². The predicted molar refractivity (Wildman–Crippen MR) is 43.8 cm³/mol. The number of aliphatic hydroxyl groups excluding tert-OH is 1. The van der Waals surface area contributed by atoms with Crippen molar-refractivity contribution in [3.8, 4) is 0 Å². The van der Waals surface area contributed by atoms with Gasteiger partial charge in [-0.25, -0.2) is 4.52 Å². The average Bonchev–Trinajstić information content (AvgIpc) is 2.53. The van der Waals surface area contributed by atoms with E-state index in [1.807, 2.05) is 0 Å². The van der Waals surface area contributed by atoms with Crippen LogP contribution >= 0.6 is 0 Å². The van der Waals surface area contributed by atoms with Crippen LogP contribution in [0.15, 0.2) is 29.3 Å². The van der Waals surface area contributed by atoms with Gasteiger partial charge in [-0.05, 0) is 12.1 Å². The van der Waals surface area contributed by atoms with Gasteiger partial charge in [0.05, 0.1) is 17.7 Å². The second kappa shape index (κ2) is 2.34. The van der Waals surface area contributed by atoms with Crippen molar-refractivity contribution >= 4 is 11.8 Å². The Morgan fingerprint density at radius 1 is 1.58 bits per heavy atom. The number of aliphatic hydroxyl groups is 1. The topological polar surface area (TPSA) is 54.6 Å². The Balaban J connectivity index is 3.08. The van der Waals surface area contributed by atoms with Crippen LogP contribution in [0.3, 0.4) is 0 Å². The Hall–Kier alpha value is -1.84. The molecule has 1 N–H and O–H groups in total. The normalized spacial score (nSPS) is 12.5. The molecule has 0 fully saturated rings. The van der Waals surface area contributed by atoms with Crippen LogP contribution in [-0.4, -0.2) is 14.7 Å². The van der Waals surface area contributed by atoms with E-state index in [4.69, 9.17) is 5.11 Å². The lowest BCUT2D eigenvalue weighted by molar-refractivity contribution is 0.539. The maximum absolute atomic E-state index is 11.4. The van der Waals surface area contributed by atoms with Crippen LogP contribution < -0.4 is 10.6 Å². The minimum absolute atomic E-state index is 0.209. The molecule has 0 amide bonds. The molecule has 2 rings (SSSR count). The van der Waals surface area contributed by atoms with E-state index in [0.29, 0.717) is 5.52 Å². The molecular formula is C8H6N2O2. The lowest BCUT2D eigenvalue weighted by Gasteiger charge is -1.89. The monoisotopic (exact) mass is 162 g/mol. The quantitative estimate of drug-likeness (QED) is 0.579. The third kappa shape index (κ3) is 0.780. The summed E-state index contributed by atoms with van der Waals surface area (Å²) in [6.07, 6.45) is 3.77. The second-order valence-electron chi connectivity index (χ2n) is 2.40. The maximum atomic E-state index is 11.4. The minimum Gasteiger partial charge on any atom is -0.515 e. The molecule has 0 aliphatic carbocycles. The molecule has 2 heterocycles. The molecule has 0 saturated heterocycles. The minimum atomic E-state index is -0.211.